The minimum Gasteiger partial charge on any atom is -0.308 e. The molecule has 2 heterocycles. The lowest BCUT2D eigenvalue weighted by Crippen LogP contribution is -2.04. The highest BCUT2D eigenvalue weighted by Crippen LogP contribution is 2.46. The molecular weight excluding hydrogens is 797 g/mol. The van der Waals surface area contributed by atoms with Crippen LogP contribution >= 0.6 is 0 Å². The van der Waals surface area contributed by atoms with Crippen molar-refractivity contribution in [3.8, 4) is 85.4 Å². The van der Waals surface area contributed by atoms with Crippen molar-refractivity contribution in [1.82, 2.24) is 19.5 Å². The van der Waals surface area contributed by atoms with E-state index < -0.39 is 0 Å². The molecule has 0 spiro atoms. The van der Waals surface area contributed by atoms with Crippen molar-refractivity contribution in [3.63, 3.8) is 0 Å². The van der Waals surface area contributed by atoms with Crippen molar-refractivity contribution < 1.29 is 0 Å². The molecule has 0 fully saturated rings. The zero-order valence-corrected chi connectivity index (χ0v) is 35.2. The van der Waals surface area contributed by atoms with Crippen LogP contribution in [0.4, 0.5) is 11.4 Å². The van der Waals surface area contributed by atoms with Gasteiger partial charge in [-0.1, -0.05) is 132 Å². The molecule has 0 unspecified atom stereocenters. The number of aromatic nitrogens is 4. The van der Waals surface area contributed by atoms with E-state index in [9.17, 15) is 10.5 Å². The van der Waals surface area contributed by atoms with Crippen molar-refractivity contribution in [1.29, 1.82) is 10.5 Å². The van der Waals surface area contributed by atoms with E-state index >= 15 is 0 Å². The molecule has 8 aromatic carbocycles. The van der Waals surface area contributed by atoms with E-state index in [0.29, 0.717) is 67.8 Å². The summed E-state index contributed by atoms with van der Waals surface area (Å²) >= 11 is 0. The monoisotopic (exact) mass is 830 g/mol. The fourth-order valence-electron chi connectivity index (χ4n) is 8.71. The molecule has 302 valence electrons. The number of hydrogen-bond donors (Lipinski definition) is 0. The smallest absolute Gasteiger partial charge is 0.177 e. The van der Waals surface area contributed by atoms with E-state index in [1.807, 2.05) is 84.9 Å². The maximum Gasteiger partial charge on any atom is 0.177 e. The predicted molar refractivity (Wildman–Crippen MR) is 258 cm³/mol. The van der Waals surface area contributed by atoms with Crippen molar-refractivity contribution in [2.45, 2.75) is 13.8 Å². The number of para-hydroxylation sites is 1. The number of nitrogens with zero attached hydrogens (tertiary/aromatic N) is 8. The highest BCUT2D eigenvalue weighted by Gasteiger charge is 2.24. The third-order valence-corrected chi connectivity index (χ3v) is 11.5. The van der Waals surface area contributed by atoms with E-state index in [0.717, 1.165) is 49.7 Å². The fourth-order valence-corrected chi connectivity index (χ4v) is 8.71. The van der Waals surface area contributed by atoms with Gasteiger partial charge in [0.1, 0.15) is 0 Å². The molecular formula is C57H34N8. The topological polar surface area (TPSA) is 99.9 Å². The van der Waals surface area contributed by atoms with Crippen molar-refractivity contribution in [3.05, 3.63) is 215 Å². The van der Waals surface area contributed by atoms with Gasteiger partial charge in [0.05, 0.1) is 53.1 Å². The van der Waals surface area contributed by atoms with Crippen LogP contribution in [0.5, 0.6) is 0 Å². The van der Waals surface area contributed by atoms with Crippen LogP contribution in [0.15, 0.2) is 170 Å². The molecule has 0 bridgehead atoms. The quantitative estimate of drug-likeness (QED) is 0.149. The second-order valence-corrected chi connectivity index (χ2v) is 15.9. The van der Waals surface area contributed by atoms with Crippen LogP contribution in [0.3, 0.4) is 0 Å². The highest BCUT2D eigenvalue weighted by molar-refractivity contribution is 6.12. The Morgan fingerprint density at radius 1 is 0.431 bits per heavy atom. The minimum absolute atomic E-state index is 0.308. The van der Waals surface area contributed by atoms with Crippen molar-refractivity contribution >= 4 is 33.2 Å². The molecule has 65 heavy (non-hydrogen) atoms. The number of aryl methyl sites for hydroxylation is 2. The summed E-state index contributed by atoms with van der Waals surface area (Å²) in [7, 11) is 0. The van der Waals surface area contributed by atoms with Crippen LogP contribution in [0, 0.1) is 49.7 Å². The Bertz CT molecular complexity index is 3490. The van der Waals surface area contributed by atoms with Gasteiger partial charge < -0.3 is 4.57 Å². The van der Waals surface area contributed by atoms with Gasteiger partial charge in [-0.15, -0.1) is 0 Å². The highest BCUT2D eigenvalue weighted by atomic mass is 15.0. The molecule has 0 aliphatic rings. The summed E-state index contributed by atoms with van der Waals surface area (Å²) in [5, 5.41) is 22.7. The normalized spacial score (nSPS) is 10.9. The Labute approximate surface area is 375 Å². The lowest BCUT2D eigenvalue weighted by atomic mass is 9.90. The van der Waals surface area contributed by atoms with Gasteiger partial charge in [0.25, 0.3) is 0 Å². The van der Waals surface area contributed by atoms with Crippen LogP contribution < -0.4 is 0 Å². The summed E-state index contributed by atoms with van der Waals surface area (Å²) in [4.78, 5) is 22.8. The summed E-state index contributed by atoms with van der Waals surface area (Å²) in [6.07, 6.45) is 0. The lowest BCUT2D eigenvalue weighted by Gasteiger charge is -2.22. The van der Waals surface area contributed by atoms with Gasteiger partial charge in [-0.2, -0.15) is 10.5 Å². The maximum atomic E-state index is 10.3. The zero-order valence-electron chi connectivity index (χ0n) is 35.2. The first kappa shape index (κ1) is 39.7. The summed E-state index contributed by atoms with van der Waals surface area (Å²) in [5.41, 5.74) is 13.2. The second kappa shape index (κ2) is 16.4. The first-order chi connectivity index (χ1) is 31.8. The third-order valence-electron chi connectivity index (χ3n) is 11.5. The van der Waals surface area contributed by atoms with Gasteiger partial charge in [-0.25, -0.2) is 24.6 Å². The van der Waals surface area contributed by atoms with Crippen LogP contribution in [-0.2, 0) is 0 Å². The minimum atomic E-state index is 0.308. The molecule has 0 aliphatic heterocycles. The molecule has 0 radical (unpaired) electrons. The van der Waals surface area contributed by atoms with Gasteiger partial charge in [-0.3, -0.25) is 0 Å². The molecule has 8 nitrogen and oxygen atoms in total. The number of fused-ring (bicyclic) bond motifs is 3. The predicted octanol–water partition coefficient (Wildman–Crippen LogP) is 14.4. The van der Waals surface area contributed by atoms with E-state index in [2.05, 4.69) is 88.8 Å². The summed E-state index contributed by atoms with van der Waals surface area (Å²) < 4.78 is 2.22. The molecule has 8 heteroatoms. The van der Waals surface area contributed by atoms with E-state index in [1.165, 1.54) is 11.1 Å². The number of benzene rings is 8. The third kappa shape index (κ3) is 7.41. The van der Waals surface area contributed by atoms with Gasteiger partial charge in [0, 0.05) is 38.6 Å². The van der Waals surface area contributed by atoms with Gasteiger partial charge in [-0.05, 0) is 84.6 Å². The number of rotatable bonds is 7. The van der Waals surface area contributed by atoms with E-state index in [1.54, 1.807) is 36.4 Å². The Hall–Kier alpha value is -9.47. The molecule has 0 aliphatic carbocycles. The molecule has 0 atom stereocenters. The molecule has 2 aromatic heterocycles. The fraction of sp³-hybridized carbons (Fsp3) is 0.0351. The van der Waals surface area contributed by atoms with Crippen LogP contribution in [0.1, 0.15) is 22.3 Å². The molecule has 10 rings (SSSR count). The van der Waals surface area contributed by atoms with Gasteiger partial charge >= 0.3 is 0 Å². The molecule has 0 saturated heterocycles. The summed E-state index contributed by atoms with van der Waals surface area (Å²) in [6, 6.07) is 59.7. The maximum absolute atomic E-state index is 10.3. The Morgan fingerprint density at radius 3 is 1.49 bits per heavy atom. The number of hydrogen-bond acceptors (Lipinski definition) is 5. The number of nitriles is 2. The zero-order chi connectivity index (χ0) is 44.6. The molecule has 10 aromatic rings. The molecule has 0 amide bonds. The Morgan fingerprint density at radius 2 is 0.938 bits per heavy atom. The summed E-state index contributed by atoms with van der Waals surface area (Å²) in [6.45, 7) is 20.4. The molecule has 0 saturated carbocycles. The second-order valence-electron chi connectivity index (χ2n) is 15.9. The SMILES string of the molecule is [C-]#[N+]c1cc([N+]#[C-])cc(-c2cc(-c3nc(-c4ccccc4)nc(-c4ccccc4)n3)cc(-c3cc(C#N)cc(C#N)c3)c2-n2c3ccccc3c3cc(-c4cc(C)cc(C)c4)ccc32)c1. The van der Waals surface area contributed by atoms with E-state index in [-0.39, 0.29) is 0 Å². The Kier molecular flexibility index (Phi) is 10.0. The van der Waals surface area contributed by atoms with Crippen molar-refractivity contribution in [2.75, 3.05) is 0 Å². The first-order valence-electron chi connectivity index (χ1n) is 20.8. The standard InChI is InChI=1S/C57H34N8/c1-35-21-36(2)23-42(22-35)41-19-20-53-51(29-41)48-17-11-12-18-52(48)65(53)54-49(43-25-37(33-58)24-38(26-43)34-59)30-45(31-50(54)44-27-46(60-3)32-47(28-44)61-4)57-63-55(39-13-7-5-8-14-39)62-56(64-57)40-15-9-6-10-16-40/h5-32H,1-2H3. The van der Waals surface area contributed by atoms with Gasteiger partial charge in [0.2, 0.25) is 0 Å². The lowest BCUT2D eigenvalue weighted by molar-refractivity contribution is 1.07. The van der Waals surface area contributed by atoms with Crippen LogP contribution in [0.2, 0.25) is 0 Å². The van der Waals surface area contributed by atoms with Crippen molar-refractivity contribution in [2.24, 2.45) is 0 Å². The largest absolute Gasteiger partial charge is 0.308 e. The van der Waals surface area contributed by atoms with Crippen LogP contribution in [-0.4, -0.2) is 19.5 Å². The summed E-state index contributed by atoms with van der Waals surface area (Å²) in [5.74, 6) is 1.34. The Balaban J connectivity index is 1.37. The average molecular weight is 831 g/mol. The van der Waals surface area contributed by atoms with Crippen LogP contribution in [0.25, 0.3) is 105 Å². The average Bonchev–Trinajstić information content (AvgIpc) is 3.68. The van der Waals surface area contributed by atoms with E-state index in [4.69, 9.17) is 28.1 Å². The first-order valence-corrected chi connectivity index (χ1v) is 20.8. The van der Waals surface area contributed by atoms with Gasteiger partial charge in [0.15, 0.2) is 28.8 Å². The molecule has 0 N–H and O–H groups in total.